The van der Waals surface area contributed by atoms with Crippen molar-refractivity contribution in [1.82, 2.24) is 0 Å². The Balaban J connectivity index is 1.90. The minimum absolute atomic E-state index is 0.0750. The van der Waals surface area contributed by atoms with Crippen molar-refractivity contribution < 1.29 is 12.8 Å². The molecule has 6 heteroatoms. The lowest BCUT2D eigenvalue weighted by molar-refractivity contribution is 0.596. The van der Waals surface area contributed by atoms with Crippen LogP contribution in [0.2, 0.25) is 0 Å². The van der Waals surface area contributed by atoms with Crippen molar-refractivity contribution in [2.75, 3.05) is 23.3 Å². The van der Waals surface area contributed by atoms with Crippen LogP contribution in [0.15, 0.2) is 88.7 Å². The van der Waals surface area contributed by atoms with Crippen LogP contribution >= 0.6 is 15.9 Å². The lowest BCUT2D eigenvalue weighted by Crippen LogP contribution is -2.39. The van der Waals surface area contributed by atoms with Gasteiger partial charge in [0.1, 0.15) is 5.82 Å². The van der Waals surface area contributed by atoms with Crippen molar-refractivity contribution in [2.24, 2.45) is 5.92 Å². The molecule has 3 nitrogen and oxygen atoms in total. The summed E-state index contributed by atoms with van der Waals surface area (Å²) in [5.74, 6) is -0.418. The van der Waals surface area contributed by atoms with Crippen LogP contribution in [0, 0.1) is 18.7 Å². The van der Waals surface area contributed by atoms with Crippen molar-refractivity contribution in [2.45, 2.75) is 11.8 Å². The van der Waals surface area contributed by atoms with E-state index in [0.29, 0.717) is 16.8 Å². The first-order chi connectivity index (χ1) is 14.9. The number of alkyl halides is 1. The normalized spacial score (nSPS) is 17.1. The number of benzene rings is 3. The molecule has 0 bridgehead atoms. The van der Waals surface area contributed by atoms with Gasteiger partial charge < -0.3 is 4.90 Å². The molecule has 1 aliphatic heterocycles. The molecular weight excluding hydrogens is 477 g/mol. The topological polar surface area (TPSA) is 37.4 Å². The highest BCUT2D eigenvalue weighted by atomic mass is 79.9. The van der Waals surface area contributed by atoms with E-state index in [1.807, 2.05) is 31.2 Å². The van der Waals surface area contributed by atoms with Crippen LogP contribution in [-0.2, 0) is 9.84 Å². The molecular formula is C25H23BrFNO2S. The Labute approximate surface area is 191 Å². The molecule has 0 aromatic heterocycles. The molecule has 1 unspecified atom stereocenters. The van der Waals surface area contributed by atoms with E-state index in [2.05, 4.69) is 20.8 Å². The zero-order valence-corrected chi connectivity index (χ0v) is 19.5. The molecule has 4 rings (SSSR count). The summed E-state index contributed by atoms with van der Waals surface area (Å²) in [5.41, 5.74) is 3.63. The van der Waals surface area contributed by atoms with Crippen molar-refractivity contribution in [3.05, 3.63) is 101 Å². The van der Waals surface area contributed by atoms with Gasteiger partial charge in [0.15, 0.2) is 0 Å². The van der Waals surface area contributed by atoms with Gasteiger partial charge in [-0.05, 0) is 54.5 Å². The number of aryl methyl sites for hydroxylation is 1. The Bertz CT molecular complexity index is 1190. The molecule has 0 aliphatic carbocycles. The van der Waals surface area contributed by atoms with Crippen molar-refractivity contribution in [1.29, 1.82) is 0 Å². The van der Waals surface area contributed by atoms with Crippen LogP contribution in [0.1, 0.15) is 11.1 Å². The molecule has 1 atom stereocenters. The van der Waals surface area contributed by atoms with E-state index in [9.17, 15) is 12.8 Å². The van der Waals surface area contributed by atoms with Gasteiger partial charge in [-0.1, -0.05) is 64.0 Å². The van der Waals surface area contributed by atoms with Gasteiger partial charge in [0.05, 0.1) is 16.3 Å². The van der Waals surface area contributed by atoms with E-state index in [1.165, 1.54) is 12.1 Å². The smallest absolute Gasteiger partial charge is 0.204 e. The van der Waals surface area contributed by atoms with Crippen LogP contribution in [0.4, 0.5) is 10.1 Å². The summed E-state index contributed by atoms with van der Waals surface area (Å²) in [5, 5.41) is 0.593. The Hall–Kier alpha value is -2.44. The summed E-state index contributed by atoms with van der Waals surface area (Å²) >= 11 is 3.60. The summed E-state index contributed by atoms with van der Waals surface area (Å²) in [6, 6.07) is 22.7. The SMILES string of the molecule is Cc1ccc(N2CC(S(=O)(=O)c3ccccc3)=C(c3ccc(F)cc3)C(CBr)C2)cc1. The Morgan fingerprint density at radius 1 is 0.968 bits per heavy atom. The predicted octanol–water partition coefficient (Wildman–Crippen LogP) is 5.85. The number of rotatable bonds is 5. The average Bonchev–Trinajstić information content (AvgIpc) is 2.80. The van der Waals surface area contributed by atoms with E-state index in [0.717, 1.165) is 22.4 Å². The maximum atomic E-state index is 13.8. The number of nitrogens with zero attached hydrogens (tertiary/aromatic N) is 1. The summed E-state index contributed by atoms with van der Waals surface area (Å²) < 4.78 is 41.1. The fourth-order valence-corrected chi connectivity index (χ4v) is 6.21. The van der Waals surface area contributed by atoms with E-state index in [-0.39, 0.29) is 23.2 Å². The van der Waals surface area contributed by atoms with Crippen molar-refractivity contribution >= 4 is 37.0 Å². The molecule has 0 saturated heterocycles. The maximum Gasteiger partial charge on any atom is 0.204 e. The van der Waals surface area contributed by atoms with Gasteiger partial charge >= 0.3 is 0 Å². The third-order valence-electron chi connectivity index (χ3n) is 5.60. The number of hydrogen-bond donors (Lipinski definition) is 0. The highest BCUT2D eigenvalue weighted by molar-refractivity contribution is 9.09. The minimum atomic E-state index is -3.74. The molecule has 0 fully saturated rings. The molecule has 0 saturated carbocycles. The minimum Gasteiger partial charge on any atom is -0.366 e. The molecule has 1 aliphatic rings. The number of hydrogen-bond acceptors (Lipinski definition) is 3. The molecule has 0 amide bonds. The molecule has 3 aromatic carbocycles. The van der Waals surface area contributed by atoms with Crippen LogP contribution < -0.4 is 4.90 Å². The highest BCUT2D eigenvalue weighted by Gasteiger charge is 2.35. The second kappa shape index (κ2) is 8.97. The summed E-state index contributed by atoms with van der Waals surface area (Å²) in [6.45, 7) is 2.95. The van der Waals surface area contributed by atoms with Crippen LogP contribution in [0.3, 0.4) is 0 Å². The lowest BCUT2D eigenvalue weighted by Gasteiger charge is -2.37. The first-order valence-corrected chi connectivity index (χ1v) is 12.7. The molecule has 0 radical (unpaired) electrons. The zero-order chi connectivity index (χ0) is 22.0. The molecule has 160 valence electrons. The van der Waals surface area contributed by atoms with Crippen LogP contribution in [-0.4, -0.2) is 26.8 Å². The second-order valence-corrected chi connectivity index (χ2v) is 10.3. The van der Waals surface area contributed by atoms with E-state index in [4.69, 9.17) is 0 Å². The standard InChI is InChI=1S/C25H23BrFNO2S/c1-18-7-13-22(14-8-18)28-16-20(15-26)25(19-9-11-21(27)12-10-19)24(17-28)31(29,30)23-5-3-2-4-6-23/h2-14,20H,15-17H2,1H3. The summed E-state index contributed by atoms with van der Waals surface area (Å²) in [6.07, 6.45) is 0. The monoisotopic (exact) mass is 499 g/mol. The third-order valence-corrected chi connectivity index (χ3v) is 8.27. The second-order valence-electron chi connectivity index (χ2n) is 7.73. The molecule has 31 heavy (non-hydrogen) atoms. The fraction of sp³-hybridized carbons (Fsp3) is 0.200. The molecule has 3 aromatic rings. The fourth-order valence-electron chi connectivity index (χ4n) is 3.98. The summed E-state index contributed by atoms with van der Waals surface area (Å²) in [7, 11) is -3.74. The molecule has 1 heterocycles. The number of sulfone groups is 1. The number of halogens is 2. The van der Waals surface area contributed by atoms with Gasteiger partial charge in [0, 0.05) is 23.5 Å². The van der Waals surface area contributed by atoms with Crippen molar-refractivity contribution in [3.63, 3.8) is 0 Å². The predicted molar refractivity (Wildman–Crippen MR) is 128 cm³/mol. The number of anilines is 1. The van der Waals surface area contributed by atoms with Crippen LogP contribution in [0.5, 0.6) is 0 Å². The molecule has 0 N–H and O–H groups in total. The van der Waals surface area contributed by atoms with Gasteiger partial charge in [-0.2, -0.15) is 0 Å². The van der Waals surface area contributed by atoms with Crippen molar-refractivity contribution in [3.8, 4) is 0 Å². The highest BCUT2D eigenvalue weighted by Crippen LogP contribution is 2.39. The van der Waals surface area contributed by atoms with E-state index >= 15 is 0 Å². The Morgan fingerprint density at radius 2 is 1.61 bits per heavy atom. The van der Waals surface area contributed by atoms with Gasteiger partial charge in [-0.15, -0.1) is 0 Å². The molecule has 0 spiro atoms. The Kier molecular flexibility index (Phi) is 6.30. The van der Waals surface area contributed by atoms with Gasteiger partial charge in [0.2, 0.25) is 9.84 Å². The third kappa shape index (κ3) is 4.46. The largest absolute Gasteiger partial charge is 0.366 e. The van der Waals surface area contributed by atoms with E-state index in [1.54, 1.807) is 42.5 Å². The first kappa shape index (κ1) is 21.8. The van der Waals surface area contributed by atoms with E-state index < -0.39 is 9.84 Å². The zero-order valence-electron chi connectivity index (χ0n) is 17.1. The lowest BCUT2D eigenvalue weighted by atomic mass is 9.90. The average molecular weight is 500 g/mol. The Morgan fingerprint density at radius 3 is 2.23 bits per heavy atom. The van der Waals surface area contributed by atoms with Gasteiger partial charge in [-0.25, -0.2) is 12.8 Å². The quantitative estimate of drug-likeness (QED) is 0.413. The summed E-state index contributed by atoms with van der Waals surface area (Å²) in [4.78, 5) is 2.74. The van der Waals surface area contributed by atoms with Crippen LogP contribution in [0.25, 0.3) is 5.57 Å². The van der Waals surface area contributed by atoms with Gasteiger partial charge in [-0.3, -0.25) is 0 Å². The van der Waals surface area contributed by atoms with Gasteiger partial charge in [0.25, 0.3) is 0 Å². The maximum absolute atomic E-state index is 13.8. The first-order valence-electron chi connectivity index (χ1n) is 10.1.